The molecule has 2 saturated heterocycles. The highest BCUT2D eigenvalue weighted by Crippen LogP contribution is 2.41. The summed E-state index contributed by atoms with van der Waals surface area (Å²) in [7, 11) is 0. The summed E-state index contributed by atoms with van der Waals surface area (Å²) < 4.78 is 5.35. The minimum atomic E-state index is 0.138. The fourth-order valence-corrected chi connectivity index (χ4v) is 3.70. The Morgan fingerprint density at radius 3 is 3.00 bits per heavy atom. The van der Waals surface area contributed by atoms with Crippen molar-refractivity contribution in [1.29, 1.82) is 0 Å². The molecule has 3 nitrogen and oxygen atoms in total. The molecule has 0 bridgehead atoms. The van der Waals surface area contributed by atoms with Gasteiger partial charge in [-0.25, -0.2) is 0 Å². The molecule has 18 heavy (non-hydrogen) atoms. The Kier molecular flexibility index (Phi) is 3.42. The van der Waals surface area contributed by atoms with Crippen molar-refractivity contribution in [2.45, 2.75) is 38.5 Å². The second-order valence-corrected chi connectivity index (χ2v) is 6.14. The van der Waals surface area contributed by atoms with Crippen LogP contribution in [0, 0.1) is 11.3 Å². The van der Waals surface area contributed by atoms with E-state index in [4.69, 9.17) is 4.74 Å². The summed E-state index contributed by atoms with van der Waals surface area (Å²) in [5.41, 5.74) is 0.391. The molecule has 2 heterocycles. The van der Waals surface area contributed by atoms with Crippen LogP contribution in [0.25, 0.3) is 0 Å². The van der Waals surface area contributed by atoms with Crippen LogP contribution in [0.3, 0.4) is 0 Å². The van der Waals surface area contributed by atoms with Gasteiger partial charge in [0.1, 0.15) is 0 Å². The quantitative estimate of drug-likeness (QED) is 0.668. The maximum Gasteiger partial charge on any atom is 0.228 e. The van der Waals surface area contributed by atoms with Gasteiger partial charge in [0.15, 0.2) is 0 Å². The van der Waals surface area contributed by atoms with Crippen LogP contribution in [0.5, 0.6) is 0 Å². The maximum atomic E-state index is 12.5. The van der Waals surface area contributed by atoms with Gasteiger partial charge < -0.3 is 9.64 Å². The highest BCUT2D eigenvalue weighted by molar-refractivity contribution is 5.79. The van der Waals surface area contributed by atoms with Crippen molar-refractivity contribution < 1.29 is 9.53 Å². The molecule has 100 valence electrons. The van der Waals surface area contributed by atoms with E-state index in [0.717, 1.165) is 32.5 Å². The first-order valence-electron chi connectivity index (χ1n) is 7.31. The summed E-state index contributed by atoms with van der Waals surface area (Å²) in [6, 6.07) is 0. The number of amides is 1. The molecule has 0 saturated carbocycles. The van der Waals surface area contributed by atoms with Crippen molar-refractivity contribution in [3.05, 3.63) is 12.2 Å². The van der Waals surface area contributed by atoms with Crippen LogP contribution in [0.1, 0.15) is 38.5 Å². The average molecular weight is 249 g/mol. The fraction of sp³-hybridized carbons (Fsp3) is 0.800. The van der Waals surface area contributed by atoms with Crippen molar-refractivity contribution in [3.63, 3.8) is 0 Å². The first-order valence-corrected chi connectivity index (χ1v) is 7.31. The lowest BCUT2D eigenvalue weighted by Gasteiger charge is -2.44. The maximum absolute atomic E-state index is 12.5. The lowest BCUT2D eigenvalue weighted by molar-refractivity contribution is -0.139. The normalized spacial score (nSPS) is 36.2. The summed E-state index contributed by atoms with van der Waals surface area (Å²) in [5.74, 6) is 0.486. The molecule has 0 radical (unpaired) electrons. The number of rotatable bonds is 1. The number of likely N-dealkylation sites (tertiary alicyclic amines) is 1. The predicted octanol–water partition coefficient (Wildman–Crippen LogP) is 2.37. The third kappa shape index (κ3) is 2.33. The standard InChI is InChI=1S/C15H23NO2/c17-14(13-5-10-18-11-13)16-9-4-8-15(12-16)6-2-1-3-7-15/h1-2,13H,3-12H2/t13-,15+/m1/s1. The topological polar surface area (TPSA) is 29.5 Å². The van der Waals surface area contributed by atoms with E-state index in [0.29, 0.717) is 17.9 Å². The molecule has 3 rings (SSSR count). The van der Waals surface area contributed by atoms with Crippen LogP contribution in [-0.4, -0.2) is 37.1 Å². The molecule has 2 atom stereocenters. The van der Waals surface area contributed by atoms with Crippen LogP contribution in [-0.2, 0) is 9.53 Å². The Labute approximate surface area is 109 Å². The van der Waals surface area contributed by atoms with E-state index >= 15 is 0 Å². The number of hydrogen-bond acceptors (Lipinski definition) is 2. The molecule has 0 aromatic carbocycles. The van der Waals surface area contributed by atoms with Gasteiger partial charge >= 0.3 is 0 Å². The monoisotopic (exact) mass is 249 g/mol. The summed E-state index contributed by atoms with van der Waals surface area (Å²) in [4.78, 5) is 14.6. The average Bonchev–Trinajstić information content (AvgIpc) is 2.93. The van der Waals surface area contributed by atoms with E-state index in [9.17, 15) is 4.79 Å². The number of carbonyl (C=O) groups is 1. The van der Waals surface area contributed by atoms with E-state index < -0.39 is 0 Å². The molecule has 1 amide bonds. The number of piperidine rings is 1. The van der Waals surface area contributed by atoms with Crippen LogP contribution in [0.4, 0.5) is 0 Å². The van der Waals surface area contributed by atoms with Gasteiger partial charge in [-0.2, -0.15) is 0 Å². The molecule has 0 aromatic heterocycles. The molecule has 3 heteroatoms. The van der Waals surface area contributed by atoms with E-state index in [1.165, 1.54) is 25.7 Å². The van der Waals surface area contributed by atoms with E-state index in [2.05, 4.69) is 17.1 Å². The minimum absolute atomic E-state index is 0.138. The highest BCUT2D eigenvalue weighted by Gasteiger charge is 2.38. The van der Waals surface area contributed by atoms with Crippen molar-refractivity contribution in [2.24, 2.45) is 11.3 Å². The van der Waals surface area contributed by atoms with Crippen LogP contribution in [0.2, 0.25) is 0 Å². The summed E-state index contributed by atoms with van der Waals surface area (Å²) in [6.45, 7) is 3.34. The molecule has 2 aliphatic heterocycles. The van der Waals surface area contributed by atoms with Crippen LogP contribution < -0.4 is 0 Å². The molecular formula is C15H23NO2. The van der Waals surface area contributed by atoms with Gasteiger partial charge in [-0.15, -0.1) is 0 Å². The largest absolute Gasteiger partial charge is 0.381 e. The number of ether oxygens (including phenoxy) is 1. The molecule has 0 unspecified atom stereocenters. The van der Waals surface area contributed by atoms with Gasteiger partial charge in [0.2, 0.25) is 5.91 Å². The summed E-state index contributed by atoms with van der Waals surface area (Å²) in [6.07, 6.45) is 11.6. The van der Waals surface area contributed by atoms with Gasteiger partial charge in [-0.1, -0.05) is 12.2 Å². The highest BCUT2D eigenvalue weighted by atomic mass is 16.5. The van der Waals surface area contributed by atoms with E-state index in [-0.39, 0.29) is 5.92 Å². The lowest BCUT2D eigenvalue weighted by atomic mass is 9.71. The van der Waals surface area contributed by atoms with Gasteiger partial charge in [0, 0.05) is 19.7 Å². The van der Waals surface area contributed by atoms with Gasteiger partial charge in [0.05, 0.1) is 12.5 Å². The molecule has 3 aliphatic rings. The van der Waals surface area contributed by atoms with E-state index in [1.54, 1.807) is 0 Å². The number of hydrogen-bond donors (Lipinski definition) is 0. The zero-order chi connectivity index (χ0) is 12.4. The molecule has 1 aliphatic carbocycles. The zero-order valence-corrected chi connectivity index (χ0v) is 11.1. The fourth-order valence-electron chi connectivity index (χ4n) is 3.70. The van der Waals surface area contributed by atoms with Gasteiger partial charge in [-0.05, 0) is 43.9 Å². The Morgan fingerprint density at radius 1 is 1.33 bits per heavy atom. The van der Waals surface area contributed by atoms with Crippen LogP contribution in [0.15, 0.2) is 12.2 Å². The Morgan fingerprint density at radius 2 is 2.28 bits per heavy atom. The number of nitrogens with zero attached hydrogens (tertiary/aromatic N) is 1. The Bertz CT molecular complexity index is 346. The van der Waals surface area contributed by atoms with Gasteiger partial charge in [0.25, 0.3) is 0 Å². The first kappa shape index (κ1) is 12.2. The van der Waals surface area contributed by atoms with Crippen molar-refractivity contribution in [2.75, 3.05) is 26.3 Å². The predicted molar refractivity (Wildman–Crippen MR) is 70.2 cm³/mol. The van der Waals surface area contributed by atoms with Crippen LogP contribution >= 0.6 is 0 Å². The molecule has 0 aromatic rings. The third-order valence-corrected chi connectivity index (χ3v) is 4.81. The molecular weight excluding hydrogens is 226 g/mol. The summed E-state index contributed by atoms with van der Waals surface area (Å²) in [5, 5.41) is 0. The smallest absolute Gasteiger partial charge is 0.228 e. The summed E-state index contributed by atoms with van der Waals surface area (Å²) >= 11 is 0. The third-order valence-electron chi connectivity index (χ3n) is 4.81. The lowest BCUT2D eigenvalue weighted by Crippen LogP contribution is -2.48. The van der Waals surface area contributed by atoms with Crippen molar-refractivity contribution >= 4 is 5.91 Å². The van der Waals surface area contributed by atoms with Crippen molar-refractivity contribution in [3.8, 4) is 0 Å². The molecule has 2 fully saturated rings. The SMILES string of the molecule is O=C([C@@H]1CCOC1)N1CCC[C@@]2(CC=CCC2)C1. The number of allylic oxidation sites excluding steroid dienone is 2. The molecule has 0 N–H and O–H groups in total. The first-order chi connectivity index (χ1) is 8.79. The molecule has 1 spiro atoms. The second-order valence-electron chi connectivity index (χ2n) is 6.14. The Hall–Kier alpha value is -0.830. The van der Waals surface area contributed by atoms with Crippen molar-refractivity contribution in [1.82, 2.24) is 4.90 Å². The van der Waals surface area contributed by atoms with Gasteiger partial charge in [-0.3, -0.25) is 4.79 Å². The minimum Gasteiger partial charge on any atom is -0.381 e. The second kappa shape index (κ2) is 5.04. The zero-order valence-electron chi connectivity index (χ0n) is 11.1. The van der Waals surface area contributed by atoms with E-state index in [1.807, 2.05) is 0 Å². The Balaban J connectivity index is 1.66. The number of carbonyl (C=O) groups excluding carboxylic acids is 1.